The minimum Gasteiger partial charge on any atom is -0.462 e. The zero-order valence-corrected chi connectivity index (χ0v) is 20.0. The molecule has 0 radical (unpaired) electrons. The van der Waals surface area contributed by atoms with Gasteiger partial charge >= 0.3 is 17.9 Å². The van der Waals surface area contributed by atoms with Crippen molar-refractivity contribution in [2.24, 2.45) is 11.3 Å². The lowest BCUT2D eigenvalue weighted by atomic mass is 9.53. The Bertz CT molecular complexity index is 917. The van der Waals surface area contributed by atoms with Crippen LogP contribution in [0.1, 0.15) is 67.2 Å². The van der Waals surface area contributed by atoms with E-state index in [9.17, 15) is 29.7 Å². The molecule has 0 spiro atoms. The van der Waals surface area contributed by atoms with E-state index < -0.39 is 58.9 Å². The van der Waals surface area contributed by atoms with Gasteiger partial charge in [-0.1, -0.05) is 12.5 Å². The molecule has 0 saturated heterocycles. The number of hydrogen-bond donors (Lipinski definition) is 3. The fourth-order valence-electron chi connectivity index (χ4n) is 5.77. The van der Waals surface area contributed by atoms with Crippen molar-refractivity contribution in [3.63, 3.8) is 0 Å². The van der Waals surface area contributed by atoms with Crippen LogP contribution < -0.4 is 0 Å². The van der Waals surface area contributed by atoms with Crippen LogP contribution in [0.4, 0.5) is 0 Å². The molecule has 9 nitrogen and oxygen atoms in total. The summed E-state index contributed by atoms with van der Waals surface area (Å²) in [5.41, 5.74) is -1.71. The third-order valence-corrected chi connectivity index (χ3v) is 7.66. The Hall–Kier alpha value is -2.23. The van der Waals surface area contributed by atoms with Crippen molar-refractivity contribution in [3.05, 3.63) is 22.8 Å². The Kier molecular flexibility index (Phi) is 6.56. The third-order valence-electron chi connectivity index (χ3n) is 7.66. The number of aliphatic hydroxyl groups excluding tert-OH is 1. The van der Waals surface area contributed by atoms with Crippen molar-refractivity contribution in [1.82, 2.24) is 0 Å². The first-order valence-electron chi connectivity index (χ1n) is 11.2. The highest BCUT2D eigenvalue weighted by atomic mass is 16.7. The summed E-state index contributed by atoms with van der Waals surface area (Å²) < 4.78 is 16.7. The molecular weight excluding hydrogens is 432 g/mol. The fourth-order valence-corrected chi connectivity index (χ4v) is 5.77. The molecule has 1 saturated carbocycles. The maximum absolute atomic E-state index is 12.4. The fraction of sp³-hybridized carbons (Fsp3) is 0.708. The average Bonchev–Trinajstić information content (AvgIpc) is 2.87. The molecule has 3 aliphatic rings. The highest BCUT2D eigenvalue weighted by Gasteiger charge is 2.63. The van der Waals surface area contributed by atoms with Crippen molar-refractivity contribution in [2.45, 2.75) is 96.9 Å². The Labute approximate surface area is 193 Å². The average molecular weight is 467 g/mol. The van der Waals surface area contributed by atoms with Gasteiger partial charge in [0.05, 0.1) is 11.7 Å². The predicted molar refractivity (Wildman–Crippen MR) is 115 cm³/mol. The lowest BCUT2D eigenvalue weighted by Gasteiger charge is -2.57. The van der Waals surface area contributed by atoms with Crippen LogP contribution in [-0.2, 0) is 28.6 Å². The number of fused-ring (bicyclic) bond motifs is 2. The maximum atomic E-state index is 12.4. The second-order valence-electron chi connectivity index (χ2n) is 10.0. The smallest absolute Gasteiger partial charge is 0.336 e. The van der Waals surface area contributed by atoms with Gasteiger partial charge in [-0.2, -0.15) is 0 Å². The summed E-state index contributed by atoms with van der Waals surface area (Å²) in [4.78, 5) is 36.5. The van der Waals surface area contributed by atoms with Gasteiger partial charge in [-0.25, -0.2) is 4.79 Å². The molecule has 1 heterocycles. The summed E-state index contributed by atoms with van der Waals surface area (Å²) in [6.07, 6.45) is -0.929. The van der Waals surface area contributed by atoms with E-state index in [1.165, 1.54) is 33.8 Å². The zero-order valence-electron chi connectivity index (χ0n) is 20.0. The van der Waals surface area contributed by atoms with E-state index in [0.29, 0.717) is 18.4 Å². The molecular formula is C24H34O9. The van der Waals surface area contributed by atoms with Crippen LogP contribution >= 0.6 is 0 Å². The van der Waals surface area contributed by atoms with E-state index >= 15 is 0 Å². The van der Waals surface area contributed by atoms with Crippen LogP contribution in [0.25, 0.3) is 0 Å². The van der Waals surface area contributed by atoms with E-state index in [4.69, 9.17) is 14.2 Å². The Morgan fingerprint density at radius 2 is 1.67 bits per heavy atom. The van der Waals surface area contributed by atoms with Crippen molar-refractivity contribution >= 4 is 17.9 Å². The van der Waals surface area contributed by atoms with Crippen LogP contribution in [0.5, 0.6) is 0 Å². The van der Waals surface area contributed by atoms with Gasteiger partial charge in [0.2, 0.25) is 0 Å². The monoisotopic (exact) mass is 466 g/mol. The van der Waals surface area contributed by atoms with Gasteiger partial charge in [0.15, 0.2) is 0 Å². The second kappa shape index (κ2) is 8.52. The number of hydrogen-bond acceptors (Lipinski definition) is 9. The molecule has 0 unspecified atom stereocenters. The largest absolute Gasteiger partial charge is 0.462 e. The first kappa shape index (κ1) is 25.4. The Morgan fingerprint density at radius 1 is 1.09 bits per heavy atom. The summed E-state index contributed by atoms with van der Waals surface area (Å²) in [7, 11) is 0. The quantitative estimate of drug-likeness (QED) is 0.315. The molecule has 0 amide bonds. The topological polar surface area (TPSA) is 140 Å². The second-order valence-corrected chi connectivity index (χ2v) is 10.0. The molecule has 33 heavy (non-hydrogen) atoms. The molecule has 1 aliphatic heterocycles. The first-order chi connectivity index (χ1) is 15.1. The maximum Gasteiger partial charge on any atom is 0.336 e. The summed E-state index contributed by atoms with van der Waals surface area (Å²) in [6, 6.07) is 0. The molecule has 7 atom stereocenters. The molecule has 9 heteroatoms. The molecule has 1 fully saturated rings. The number of carbonyl (C=O) groups is 3. The number of carbonyl (C=O) groups excluding carboxylic acids is 3. The standard InChI is InChI=1S/C24H34O9/c1-12-7-8-19(31-14(3)25)22(5)17(9-16-13(2)21(28)33-24(16,30)11-12)23(6,29)18(27)10-20(22)32-15(4)26/h11,17-20,27,29-30H,7-10H2,1-6H3/b12-11-/t17-,18+,19+,20+,22+,23+,24+/m1/s1. The number of aliphatic hydroxyl groups is 3. The van der Waals surface area contributed by atoms with Crippen molar-refractivity contribution in [2.75, 3.05) is 0 Å². The summed E-state index contributed by atoms with van der Waals surface area (Å²) in [5.74, 6) is -4.65. The van der Waals surface area contributed by atoms with E-state index in [2.05, 4.69) is 0 Å². The molecule has 0 aromatic heterocycles. The lowest BCUT2D eigenvalue weighted by Crippen LogP contribution is -2.66. The van der Waals surface area contributed by atoms with Gasteiger partial charge < -0.3 is 29.5 Å². The van der Waals surface area contributed by atoms with Gasteiger partial charge in [0, 0.05) is 42.7 Å². The van der Waals surface area contributed by atoms with Crippen LogP contribution in [0.15, 0.2) is 22.8 Å². The predicted octanol–water partition coefficient (Wildman–Crippen LogP) is 1.68. The van der Waals surface area contributed by atoms with E-state index in [1.807, 2.05) is 0 Å². The SMILES string of the molecule is CC(=O)O[C@H]1CC/C(C)=C\[C@]2(O)OC(=O)C(C)=C2C[C@H]2[C@](C)(O)[C@@H](O)C[C@H](OC(C)=O)[C@]12C. The molecule has 184 valence electrons. The van der Waals surface area contributed by atoms with Crippen molar-refractivity contribution in [3.8, 4) is 0 Å². The van der Waals surface area contributed by atoms with Gasteiger partial charge in [-0.15, -0.1) is 0 Å². The summed E-state index contributed by atoms with van der Waals surface area (Å²) >= 11 is 0. The molecule has 0 aromatic rings. The summed E-state index contributed by atoms with van der Waals surface area (Å²) in [5, 5.41) is 33.7. The molecule has 0 aromatic carbocycles. The van der Waals surface area contributed by atoms with Crippen LogP contribution in [0.2, 0.25) is 0 Å². The van der Waals surface area contributed by atoms with Crippen LogP contribution in [-0.4, -0.2) is 62.9 Å². The first-order valence-corrected chi connectivity index (χ1v) is 11.2. The van der Waals surface area contributed by atoms with E-state index in [0.717, 1.165) is 0 Å². The number of rotatable bonds is 2. The van der Waals surface area contributed by atoms with Crippen LogP contribution in [0, 0.1) is 11.3 Å². The number of esters is 3. The highest BCUT2D eigenvalue weighted by Crippen LogP contribution is 2.56. The van der Waals surface area contributed by atoms with Gasteiger partial charge in [-0.3, -0.25) is 9.59 Å². The highest BCUT2D eigenvalue weighted by molar-refractivity contribution is 5.92. The molecule has 0 bridgehead atoms. The molecule has 3 N–H and O–H groups in total. The number of ether oxygens (including phenoxy) is 3. The zero-order chi connectivity index (χ0) is 24.9. The normalized spacial score (nSPS) is 42.9. The Balaban J connectivity index is 2.27. The van der Waals surface area contributed by atoms with Gasteiger partial charge in [0.25, 0.3) is 5.79 Å². The Morgan fingerprint density at radius 3 is 2.24 bits per heavy atom. The van der Waals surface area contributed by atoms with E-state index in [-0.39, 0.29) is 24.0 Å². The van der Waals surface area contributed by atoms with Crippen molar-refractivity contribution in [1.29, 1.82) is 0 Å². The minimum absolute atomic E-state index is 0.0616. The lowest BCUT2D eigenvalue weighted by molar-refractivity contribution is -0.246. The summed E-state index contributed by atoms with van der Waals surface area (Å²) in [6.45, 7) is 9.06. The third kappa shape index (κ3) is 4.34. The minimum atomic E-state index is -1.99. The molecule has 2 aliphatic carbocycles. The van der Waals surface area contributed by atoms with Crippen LogP contribution in [0.3, 0.4) is 0 Å². The van der Waals surface area contributed by atoms with Crippen molar-refractivity contribution < 1.29 is 43.9 Å². The van der Waals surface area contributed by atoms with Gasteiger partial charge in [-0.05, 0) is 46.1 Å². The van der Waals surface area contributed by atoms with Gasteiger partial charge in [0.1, 0.15) is 12.2 Å². The molecule has 3 rings (SSSR count). The van der Waals surface area contributed by atoms with E-state index in [1.54, 1.807) is 13.8 Å². The number of allylic oxidation sites excluding steroid dienone is 1.